The molecule has 7 heteroatoms. The number of urea groups is 1. The molecule has 7 nitrogen and oxygen atoms in total. The largest absolute Gasteiger partial charge is 0.480 e. The van der Waals surface area contributed by atoms with Crippen molar-refractivity contribution in [2.45, 2.75) is 25.7 Å². The molecule has 102 valence electrons. The lowest BCUT2D eigenvalue weighted by Gasteiger charge is -2.20. The van der Waals surface area contributed by atoms with Crippen molar-refractivity contribution in [3.8, 4) is 0 Å². The Labute approximate surface area is 106 Å². The van der Waals surface area contributed by atoms with Crippen molar-refractivity contribution in [1.29, 1.82) is 0 Å². The summed E-state index contributed by atoms with van der Waals surface area (Å²) in [7, 11) is 0. The maximum absolute atomic E-state index is 11.8. The van der Waals surface area contributed by atoms with E-state index in [-0.39, 0.29) is 12.5 Å². The van der Waals surface area contributed by atoms with Gasteiger partial charge in [-0.3, -0.25) is 9.59 Å². The predicted octanol–water partition coefficient (Wildman–Crippen LogP) is -0.227. The maximum Gasteiger partial charge on any atom is 0.323 e. The van der Waals surface area contributed by atoms with Crippen molar-refractivity contribution in [1.82, 2.24) is 15.5 Å². The lowest BCUT2D eigenvalue weighted by atomic mass is 10.2. The van der Waals surface area contributed by atoms with E-state index in [4.69, 9.17) is 5.11 Å². The average Bonchev–Trinajstić information content (AvgIpc) is 2.62. The van der Waals surface area contributed by atoms with Crippen molar-refractivity contribution in [3.05, 3.63) is 0 Å². The van der Waals surface area contributed by atoms with Gasteiger partial charge in [-0.05, 0) is 12.8 Å². The highest BCUT2D eigenvalue weighted by Gasteiger charge is 2.15. The zero-order valence-electron chi connectivity index (χ0n) is 10.3. The third-order valence-electron chi connectivity index (χ3n) is 2.76. The molecule has 1 fully saturated rings. The predicted molar refractivity (Wildman–Crippen MR) is 64.1 cm³/mol. The summed E-state index contributed by atoms with van der Waals surface area (Å²) in [5, 5.41) is 12.8. The van der Waals surface area contributed by atoms with Crippen LogP contribution in [-0.2, 0) is 9.59 Å². The zero-order chi connectivity index (χ0) is 13.4. The Kier molecular flexibility index (Phi) is 5.96. The van der Waals surface area contributed by atoms with E-state index in [1.807, 2.05) is 0 Å². The zero-order valence-corrected chi connectivity index (χ0v) is 10.3. The molecule has 3 amide bonds. The fraction of sp³-hybridized carbons (Fsp3) is 0.727. The van der Waals surface area contributed by atoms with Gasteiger partial charge < -0.3 is 20.6 Å². The molecule has 0 bridgehead atoms. The normalized spacial score (nSPS) is 15.7. The van der Waals surface area contributed by atoms with Gasteiger partial charge in [-0.2, -0.15) is 0 Å². The molecule has 18 heavy (non-hydrogen) atoms. The molecule has 3 N–H and O–H groups in total. The molecule has 1 rings (SSSR count). The number of hydrogen-bond donors (Lipinski definition) is 3. The Morgan fingerprint density at radius 3 is 2.06 bits per heavy atom. The van der Waals surface area contributed by atoms with Crippen LogP contribution < -0.4 is 10.6 Å². The third-order valence-corrected chi connectivity index (χ3v) is 2.76. The summed E-state index contributed by atoms with van der Waals surface area (Å²) in [6.07, 6.45) is 4.26. The van der Waals surface area contributed by atoms with Gasteiger partial charge in [0.05, 0.1) is 6.54 Å². The molecule has 0 atom stereocenters. The van der Waals surface area contributed by atoms with Crippen molar-refractivity contribution in [2.24, 2.45) is 0 Å². The summed E-state index contributed by atoms with van der Waals surface area (Å²) >= 11 is 0. The monoisotopic (exact) mass is 257 g/mol. The molecule has 0 saturated carbocycles. The number of carbonyl (C=O) groups is 3. The van der Waals surface area contributed by atoms with Crippen LogP contribution in [0.5, 0.6) is 0 Å². The molecule has 0 aromatic rings. The number of carboxylic acid groups (broad SMARTS) is 1. The maximum atomic E-state index is 11.8. The molecule has 0 radical (unpaired) electrons. The summed E-state index contributed by atoms with van der Waals surface area (Å²) in [4.78, 5) is 34.9. The van der Waals surface area contributed by atoms with Crippen LogP contribution >= 0.6 is 0 Å². The first-order valence-corrected chi connectivity index (χ1v) is 6.11. The molecule has 1 aliphatic heterocycles. The number of nitrogens with zero attached hydrogens (tertiary/aromatic N) is 1. The van der Waals surface area contributed by atoms with Gasteiger partial charge in [0, 0.05) is 13.1 Å². The van der Waals surface area contributed by atoms with Gasteiger partial charge in [0.15, 0.2) is 0 Å². The van der Waals surface area contributed by atoms with Crippen LogP contribution in [0.15, 0.2) is 0 Å². The van der Waals surface area contributed by atoms with E-state index in [1.54, 1.807) is 4.90 Å². The van der Waals surface area contributed by atoms with Crippen molar-refractivity contribution >= 4 is 17.9 Å². The van der Waals surface area contributed by atoms with Gasteiger partial charge in [0.1, 0.15) is 6.54 Å². The fourth-order valence-electron chi connectivity index (χ4n) is 1.81. The molecular weight excluding hydrogens is 238 g/mol. The first kappa shape index (κ1) is 14.3. The molecular formula is C11H19N3O4. The van der Waals surface area contributed by atoms with E-state index in [9.17, 15) is 14.4 Å². The van der Waals surface area contributed by atoms with Gasteiger partial charge in [0.2, 0.25) is 5.91 Å². The lowest BCUT2D eigenvalue weighted by molar-refractivity contribution is -0.135. The lowest BCUT2D eigenvalue weighted by Crippen LogP contribution is -2.45. The highest BCUT2D eigenvalue weighted by molar-refractivity contribution is 5.85. The van der Waals surface area contributed by atoms with Gasteiger partial charge in [0.25, 0.3) is 0 Å². The number of carbonyl (C=O) groups excluding carboxylic acids is 2. The van der Waals surface area contributed by atoms with Gasteiger partial charge in [-0.1, -0.05) is 12.8 Å². The SMILES string of the molecule is O=C(O)CNC(=O)NCC(=O)N1CCCCCC1. The van der Waals surface area contributed by atoms with E-state index in [1.165, 1.54) is 0 Å². The van der Waals surface area contributed by atoms with E-state index in [0.717, 1.165) is 38.8 Å². The molecule has 0 aromatic carbocycles. The summed E-state index contributed by atoms with van der Waals surface area (Å²) in [5.74, 6) is -1.24. The van der Waals surface area contributed by atoms with Crippen molar-refractivity contribution in [3.63, 3.8) is 0 Å². The second kappa shape index (κ2) is 7.52. The quantitative estimate of drug-likeness (QED) is 0.648. The molecule has 0 aliphatic carbocycles. The minimum Gasteiger partial charge on any atom is -0.480 e. The second-order valence-electron chi connectivity index (χ2n) is 4.22. The number of rotatable bonds is 4. The van der Waals surface area contributed by atoms with E-state index < -0.39 is 18.5 Å². The van der Waals surface area contributed by atoms with Crippen molar-refractivity contribution < 1.29 is 19.5 Å². The average molecular weight is 257 g/mol. The first-order valence-electron chi connectivity index (χ1n) is 6.11. The number of aliphatic carboxylic acids is 1. The summed E-state index contributed by atoms with van der Waals surface area (Å²) in [5.41, 5.74) is 0. The minimum absolute atomic E-state index is 0.0918. The topological polar surface area (TPSA) is 98.7 Å². The summed E-state index contributed by atoms with van der Waals surface area (Å²) in [6, 6.07) is -0.638. The van der Waals surface area contributed by atoms with Gasteiger partial charge >= 0.3 is 12.0 Å². The van der Waals surface area contributed by atoms with Crippen LogP contribution in [0.25, 0.3) is 0 Å². The number of carboxylic acids is 1. The molecule has 1 saturated heterocycles. The van der Waals surface area contributed by atoms with Gasteiger partial charge in [-0.25, -0.2) is 4.79 Å². The Bertz CT molecular complexity index is 311. The van der Waals surface area contributed by atoms with Crippen LogP contribution in [0.1, 0.15) is 25.7 Å². The van der Waals surface area contributed by atoms with E-state index >= 15 is 0 Å². The van der Waals surface area contributed by atoms with Crippen LogP contribution in [0, 0.1) is 0 Å². The van der Waals surface area contributed by atoms with E-state index in [2.05, 4.69) is 10.6 Å². The Hall–Kier alpha value is -1.79. The third kappa shape index (κ3) is 5.51. The number of likely N-dealkylation sites (tertiary alicyclic amines) is 1. The summed E-state index contributed by atoms with van der Waals surface area (Å²) < 4.78 is 0. The highest BCUT2D eigenvalue weighted by atomic mass is 16.4. The number of hydrogen-bond acceptors (Lipinski definition) is 3. The molecule has 0 spiro atoms. The second-order valence-corrected chi connectivity index (χ2v) is 4.22. The Balaban J connectivity index is 2.22. The van der Waals surface area contributed by atoms with Crippen LogP contribution in [0.4, 0.5) is 4.79 Å². The Morgan fingerprint density at radius 2 is 1.50 bits per heavy atom. The van der Waals surface area contributed by atoms with Crippen LogP contribution in [-0.4, -0.2) is 54.1 Å². The van der Waals surface area contributed by atoms with Crippen molar-refractivity contribution in [2.75, 3.05) is 26.2 Å². The summed E-state index contributed by atoms with van der Waals surface area (Å²) in [6.45, 7) is 0.920. The van der Waals surface area contributed by atoms with Gasteiger partial charge in [-0.15, -0.1) is 0 Å². The molecule has 0 unspecified atom stereocenters. The highest BCUT2D eigenvalue weighted by Crippen LogP contribution is 2.09. The minimum atomic E-state index is -1.12. The van der Waals surface area contributed by atoms with E-state index in [0.29, 0.717) is 0 Å². The number of nitrogens with one attached hydrogen (secondary N) is 2. The standard InChI is InChI=1S/C11H19N3O4/c15-9(14-5-3-1-2-4-6-14)7-12-11(18)13-8-10(16)17/h1-8H2,(H,16,17)(H2,12,13,18). The molecule has 1 heterocycles. The first-order chi connectivity index (χ1) is 8.59. The smallest absolute Gasteiger partial charge is 0.323 e. The Morgan fingerprint density at radius 1 is 0.944 bits per heavy atom. The molecule has 1 aliphatic rings. The number of amides is 3. The van der Waals surface area contributed by atoms with Crippen LogP contribution in [0.2, 0.25) is 0 Å². The molecule has 0 aromatic heterocycles. The fourth-order valence-corrected chi connectivity index (χ4v) is 1.81. The van der Waals surface area contributed by atoms with Crippen LogP contribution in [0.3, 0.4) is 0 Å².